The molecule has 2 aromatic carbocycles. The lowest BCUT2D eigenvalue weighted by atomic mass is 10.0. The van der Waals surface area contributed by atoms with Crippen molar-refractivity contribution in [1.82, 2.24) is 19.8 Å². The van der Waals surface area contributed by atoms with Crippen LogP contribution in [-0.2, 0) is 4.79 Å². The summed E-state index contributed by atoms with van der Waals surface area (Å²) in [6, 6.07) is 25.4. The number of nitrogens with one attached hydrogen (secondary N) is 2. The monoisotopic (exact) mass is 511 g/mol. The summed E-state index contributed by atoms with van der Waals surface area (Å²) in [5.74, 6) is 0.722. The van der Waals surface area contributed by atoms with E-state index in [9.17, 15) is 4.79 Å². The van der Waals surface area contributed by atoms with Crippen molar-refractivity contribution in [1.29, 1.82) is 0 Å². The molecule has 5 rings (SSSR count). The number of carbonyl (C=O) groups excluding carboxylic acids is 1. The van der Waals surface area contributed by atoms with Gasteiger partial charge in [-0.3, -0.25) is 9.78 Å². The van der Waals surface area contributed by atoms with Gasteiger partial charge in [0.1, 0.15) is 5.75 Å². The summed E-state index contributed by atoms with van der Waals surface area (Å²) < 4.78 is 7.59. The number of thiocarbonyl (C=S) groups is 1. The number of aromatic nitrogens is 2. The van der Waals surface area contributed by atoms with Crippen LogP contribution in [0.1, 0.15) is 35.5 Å². The molecule has 0 bridgehead atoms. The maximum atomic E-state index is 12.9. The molecule has 2 atom stereocenters. The zero-order valence-electron chi connectivity index (χ0n) is 20.8. The van der Waals surface area contributed by atoms with Crippen LogP contribution in [0, 0.1) is 6.92 Å². The number of rotatable bonds is 8. The van der Waals surface area contributed by atoms with Crippen molar-refractivity contribution in [2.75, 3.05) is 19.0 Å². The van der Waals surface area contributed by atoms with Crippen molar-refractivity contribution in [2.45, 2.75) is 25.4 Å². The molecule has 0 unspecified atom stereocenters. The van der Waals surface area contributed by atoms with E-state index in [0.29, 0.717) is 18.1 Å². The van der Waals surface area contributed by atoms with Crippen LogP contribution in [0.4, 0.5) is 5.69 Å². The van der Waals surface area contributed by atoms with Crippen LogP contribution in [0.5, 0.6) is 5.75 Å². The Bertz CT molecular complexity index is 1400. The van der Waals surface area contributed by atoms with Gasteiger partial charge < -0.3 is 24.8 Å². The molecule has 0 saturated carbocycles. The molecule has 3 heterocycles. The number of ether oxygens (including phenoxy) is 1. The van der Waals surface area contributed by atoms with Gasteiger partial charge in [0.2, 0.25) is 5.91 Å². The first-order chi connectivity index (χ1) is 18.0. The molecule has 2 aromatic heterocycles. The minimum Gasteiger partial charge on any atom is -0.497 e. The highest BCUT2D eigenvalue weighted by molar-refractivity contribution is 7.80. The summed E-state index contributed by atoms with van der Waals surface area (Å²) in [5.41, 5.74) is 4.80. The number of pyridine rings is 1. The molecule has 4 aromatic rings. The Morgan fingerprint density at radius 3 is 2.73 bits per heavy atom. The number of carbonyl (C=O) groups is 1. The second-order valence-corrected chi connectivity index (χ2v) is 9.38. The van der Waals surface area contributed by atoms with Crippen LogP contribution in [-0.4, -0.2) is 39.1 Å². The molecular formula is C29H29N5O2S. The Morgan fingerprint density at radius 1 is 1.08 bits per heavy atom. The number of methoxy groups -OCH3 is 1. The third kappa shape index (κ3) is 5.34. The third-order valence-corrected chi connectivity index (χ3v) is 6.85. The smallest absolute Gasteiger partial charge is 0.226 e. The topological polar surface area (TPSA) is 71.4 Å². The molecule has 0 spiro atoms. The summed E-state index contributed by atoms with van der Waals surface area (Å²) in [5, 5.41) is 7.07. The summed E-state index contributed by atoms with van der Waals surface area (Å²) in [6.07, 6.45) is 4.11. The second kappa shape index (κ2) is 10.8. The summed E-state index contributed by atoms with van der Waals surface area (Å²) in [7, 11) is 1.66. The molecule has 0 aliphatic carbocycles. The fraction of sp³-hybridized carbons (Fsp3) is 0.207. The van der Waals surface area contributed by atoms with Gasteiger partial charge in [0.05, 0.1) is 24.9 Å². The molecule has 37 heavy (non-hydrogen) atoms. The average molecular weight is 512 g/mol. The highest BCUT2D eigenvalue weighted by Crippen LogP contribution is 2.39. The van der Waals surface area contributed by atoms with Crippen molar-refractivity contribution in [2.24, 2.45) is 0 Å². The lowest BCUT2D eigenvalue weighted by Crippen LogP contribution is -2.33. The second-order valence-electron chi connectivity index (χ2n) is 8.99. The van der Waals surface area contributed by atoms with E-state index >= 15 is 0 Å². The van der Waals surface area contributed by atoms with Crippen molar-refractivity contribution < 1.29 is 9.53 Å². The van der Waals surface area contributed by atoms with E-state index < -0.39 is 0 Å². The van der Waals surface area contributed by atoms with Gasteiger partial charge in [-0.2, -0.15) is 0 Å². The van der Waals surface area contributed by atoms with E-state index in [-0.39, 0.29) is 18.0 Å². The van der Waals surface area contributed by atoms with Gasteiger partial charge in [0, 0.05) is 48.5 Å². The average Bonchev–Trinajstić information content (AvgIpc) is 3.52. The maximum absolute atomic E-state index is 12.9. The number of benzene rings is 2. The minimum atomic E-state index is -0.173. The van der Waals surface area contributed by atoms with Crippen LogP contribution in [0.3, 0.4) is 0 Å². The molecule has 188 valence electrons. The number of anilines is 1. The van der Waals surface area contributed by atoms with E-state index in [0.717, 1.165) is 34.1 Å². The van der Waals surface area contributed by atoms with E-state index in [1.807, 2.05) is 85.9 Å². The van der Waals surface area contributed by atoms with Gasteiger partial charge in [-0.05, 0) is 73.2 Å². The van der Waals surface area contributed by atoms with Crippen molar-refractivity contribution >= 4 is 28.9 Å². The van der Waals surface area contributed by atoms with Crippen LogP contribution in [0.2, 0.25) is 0 Å². The van der Waals surface area contributed by atoms with Crippen molar-refractivity contribution in [3.63, 3.8) is 0 Å². The summed E-state index contributed by atoms with van der Waals surface area (Å²) in [4.78, 5) is 19.6. The first-order valence-corrected chi connectivity index (χ1v) is 12.6. The molecule has 1 saturated heterocycles. The Hall–Kier alpha value is -4.17. The van der Waals surface area contributed by atoms with E-state index in [2.05, 4.69) is 31.2 Å². The first-order valence-electron chi connectivity index (χ1n) is 12.2. The molecule has 7 nitrogen and oxygen atoms in total. The Balaban J connectivity index is 1.45. The van der Waals surface area contributed by atoms with E-state index in [1.54, 1.807) is 13.3 Å². The highest BCUT2D eigenvalue weighted by atomic mass is 32.1. The van der Waals surface area contributed by atoms with Gasteiger partial charge in [-0.25, -0.2) is 0 Å². The van der Waals surface area contributed by atoms with Gasteiger partial charge in [-0.1, -0.05) is 24.3 Å². The Morgan fingerprint density at radius 2 is 1.95 bits per heavy atom. The number of hydrogen-bond donors (Lipinski definition) is 2. The van der Waals surface area contributed by atoms with E-state index in [1.165, 1.54) is 0 Å². The molecular weight excluding hydrogens is 482 g/mol. The Labute approximate surface area is 222 Å². The Kier molecular flexibility index (Phi) is 7.18. The normalized spacial score (nSPS) is 16.9. The quantitative estimate of drug-likeness (QED) is 0.317. The first kappa shape index (κ1) is 24.5. The molecule has 0 radical (unpaired) electrons. The SMILES string of the molecule is COc1cccc(-n2cccc2[C@H]2[C@H](c3ccccn3)NC(=S)N2CCC(=O)Nc2cccc(C)c2)c1. The number of hydrogen-bond acceptors (Lipinski definition) is 4. The predicted octanol–water partition coefficient (Wildman–Crippen LogP) is 5.19. The van der Waals surface area contributed by atoms with Crippen LogP contribution in [0.25, 0.3) is 5.69 Å². The van der Waals surface area contributed by atoms with Crippen LogP contribution < -0.4 is 15.4 Å². The van der Waals surface area contributed by atoms with Gasteiger partial charge >= 0.3 is 0 Å². The summed E-state index contributed by atoms with van der Waals surface area (Å²) >= 11 is 5.79. The zero-order chi connectivity index (χ0) is 25.8. The fourth-order valence-electron chi connectivity index (χ4n) is 4.77. The zero-order valence-corrected chi connectivity index (χ0v) is 21.6. The minimum absolute atomic E-state index is 0.0587. The molecule has 1 aliphatic rings. The standard InChI is InChI=1S/C29H29N5O2S/c1-20-8-5-9-21(18-20)31-26(35)14-17-34-28(27(32-29(34)37)24-12-3-4-15-30-24)25-13-7-16-33(25)22-10-6-11-23(19-22)36-2/h3-13,15-16,18-19,27-28H,14,17H2,1-2H3,(H,31,35)(H,32,37)/t27-,28-/m0/s1. The fourth-order valence-corrected chi connectivity index (χ4v) is 5.10. The number of aryl methyl sites for hydroxylation is 1. The lowest BCUT2D eigenvalue weighted by Gasteiger charge is -2.29. The van der Waals surface area contributed by atoms with Gasteiger partial charge in [-0.15, -0.1) is 0 Å². The molecule has 1 amide bonds. The number of amides is 1. The van der Waals surface area contributed by atoms with E-state index in [4.69, 9.17) is 17.0 Å². The maximum Gasteiger partial charge on any atom is 0.226 e. The molecule has 8 heteroatoms. The molecule has 2 N–H and O–H groups in total. The third-order valence-electron chi connectivity index (χ3n) is 6.49. The van der Waals surface area contributed by atoms with Crippen molar-refractivity contribution in [3.8, 4) is 11.4 Å². The van der Waals surface area contributed by atoms with Crippen molar-refractivity contribution in [3.05, 3.63) is 108 Å². The van der Waals surface area contributed by atoms with Gasteiger partial charge in [0.25, 0.3) is 0 Å². The molecule has 1 aliphatic heterocycles. The van der Waals surface area contributed by atoms with Crippen LogP contribution >= 0.6 is 12.2 Å². The number of nitrogens with zero attached hydrogens (tertiary/aromatic N) is 3. The summed E-state index contributed by atoms with van der Waals surface area (Å²) in [6.45, 7) is 2.46. The predicted molar refractivity (Wildman–Crippen MR) is 149 cm³/mol. The molecule has 1 fully saturated rings. The lowest BCUT2D eigenvalue weighted by molar-refractivity contribution is -0.116. The van der Waals surface area contributed by atoms with Crippen LogP contribution in [0.15, 0.2) is 91.3 Å². The van der Waals surface area contributed by atoms with Gasteiger partial charge in [0.15, 0.2) is 5.11 Å². The largest absolute Gasteiger partial charge is 0.497 e. The highest BCUT2D eigenvalue weighted by Gasteiger charge is 2.41.